The molecule has 1 aromatic heterocycles. The molecule has 22 heavy (non-hydrogen) atoms. The van der Waals surface area contributed by atoms with Crippen LogP contribution in [0.1, 0.15) is 38.1 Å². The molecule has 0 saturated carbocycles. The SMILES string of the molecule is CC(C)(C)[C@@H](NC(=O)CS[C@H]1CCS(=O)(=O)C1)c1cccs1. The highest BCUT2D eigenvalue weighted by atomic mass is 32.2. The van der Waals surface area contributed by atoms with Crippen LogP contribution in [0.5, 0.6) is 0 Å². The molecule has 1 fully saturated rings. The lowest BCUT2D eigenvalue weighted by molar-refractivity contribution is -0.120. The third-order valence-electron chi connectivity index (χ3n) is 3.64. The summed E-state index contributed by atoms with van der Waals surface area (Å²) in [5.74, 6) is 0.755. The van der Waals surface area contributed by atoms with Crippen LogP contribution < -0.4 is 5.32 Å². The van der Waals surface area contributed by atoms with Gasteiger partial charge >= 0.3 is 0 Å². The molecule has 0 unspecified atom stereocenters. The second-order valence-corrected chi connectivity index (χ2v) is 11.2. The van der Waals surface area contributed by atoms with Crippen LogP contribution >= 0.6 is 23.1 Å². The molecule has 0 aliphatic carbocycles. The normalized spacial score (nSPS) is 22.4. The van der Waals surface area contributed by atoms with E-state index in [1.165, 1.54) is 11.8 Å². The maximum atomic E-state index is 12.2. The van der Waals surface area contributed by atoms with Gasteiger partial charge in [0.05, 0.1) is 23.3 Å². The van der Waals surface area contributed by atoms with Crippen LogP contribution in [0, 0.1) is 5.41 Å². The Morgan fingerprint density at radius 1 is 1.50 bits per heavy atom. The zero-order valence-corrected chi connectivity index (χ0v) is 15.6. The number of carbonyl (C=O) groups is 1. The predicted octanol–water partition coefficient (Wildman–Crippen LogP) is 2.87. The number of sulfone groups is 1. The minimum absolute atomic E-state index is 0.0205. The van der Waals surface area contributed by atoms with Gasteiger partial charge in [-0.05, 0) is 23.3 Å². The summed E-state index contributed by atoms with van der Waals surface area (Å²) in [6.07, 6.45) is 0.661. The minimum atomic E-state index is -2.88. The molecule has 1 amide bonds. The van der Waals surface area contributed by atoms with Crippen molar-refractivity contribution in [2.45, 2.75) is 38.5 Å². The molecular weight excluding hydrogens is 338 g/mol. The summed E-state index contributed by atoms with van der Waals surface area (Å²) in [5, 5.41) is 5.18. The second-order valence-electron chi connectivity index (χ2n) is 6.72. The lowest BCUT2D eigenvalue weighted by Gasteiger charge is -2.30. The molecule has 1 saturated heterocycles. The van der Waals surface area contributed by atoms with Crippen molar-refractivity contribution >= 4 is 38.8 Å². The fraction of sp³-hybridized carbons (Fsp3) is 0.667. The van der Waals surface area contributed by atoms with Gasteiger partial charge in [-0.25, -0.2) is 8.42 Å². The Labute approximate surface area is 141 Å². The van der Waals surface area contributed by atoms with Gasteiger partial charge in [0, 0.05) is 10.1 Å². The Morgan fingerprint density at radius 2 is 2.23 bits per heavy atom. The van der Waals surface area contributed by atoms with E-state index in [4.69, 9.17) is 0 Å². The van der Waals surface area contributed by atoms with Crippen LogP contribution in [0.15, 0.2) is 17.5 Å². The number of thioether (sulfide) groups is 1. The molecule has 7 heteroatoms. The van der Waals surface area contributed by atoms with E-state index in [0.29, 0.717) is 12.2 Å². The van der Waals surface area contributed by atoms with Gasteiger partial charge in [0.2, 0.25) is 5.91 Å². The zero-order chi connectivity index (χ0) is 16.4. The monoisotopic (exact) mass is 361 g/mol. The smallest absolute Gasteiger partial charge is 0.230 e. The van der Waals surface area contributed by atoms with Gasteiger partial charge in [0.25, 0.3) is 0 Å². The first-order valence-corrected chi connectivity index (χ1v) is 11.1. The summed E-state index contributed by atoms with van der Waals surface area (Å²) in [7, 11) is -2.88. The van der Waals surface area contributed by atoms with E-state index < -0.39 is 9.84 Å². The zero-order valence-electron chi connectivity index (χ0n) is 13.2. The van der Waals surface area contributed by atoms with Crippen molar-refractivity contribution in [3.05, 3.63) is 22.4 Å². The third kappa shape index (κ3) is 4.99. The van der Waals surface area contributed by atoms with Gasteiger partial charge in [0.1, 0.15) is 0 Å². The standard InChI is InChI=1S/C15H23NO3S3/c1-15(2,3)14(12-5-4-7-20-12)16-13(17)9-21-11-6-8-22(18,19)10-11/h4-5,7,11,14H,6,8-10H2,1-3H3,(H,16,17)/t11-,14-/m0/s1. The Morgan fingerprint density at radius 3 is 2.73 bits per heavy atom. The molecule has 0 bridgehead atoms. The third-order valence-corrected chi connectivity index (χ3v) is 7.86. The van der Waals surface area contributed by atoms with Crippen molar-refractivity contribution in [3.63, 3.8) is 0 Å². The van der Waals surface area contributed by atoms with Gasteiger partial charge < -0.3 is 5.32 Å². The molecule has 0 radical (unpaired) electrons. The van der Waals surface area contributed by atoms with E-state index in [0.717, 1.165) is 4.88 Å². The molecule has 2 heterocycles. The van der Waals surface area contributed by atoms with Crippen LogP contribution in [0.3, 0.4) is 0 Å². The minimum Gasteiger partial charge on any atom is -0.347 e. The Bertz CT molecular complexity index is 602. The van der Waals surface area contributed by atoms with Gasteiger partial charge in [-0.15, -0.1) is 23.1 Å². The maximum absolute atomic E-state index is 12.2. The lowest BCUT2D eigenvalue weighted by atomic mass is 9.86. The fourth-order valence-corrected chi connectivity index (χ4v) is 6.93. The lowest BCUT2D eigenvalue weighted by Crippen LogP contribution is -2.37. The van der Waals surface area contributed by atoms with E-state index >= 15 is 0 Å². The Balaban J connectivity index is 1.89. The van der Waals surface area contributed by atoms with E-state index in [9.17, 15) is 13.2 Å². The molecule has 1 N–H and O–H groups in total. The highest BCUT2D eigenvalue weighted by molar-refractivity contribution is 8.02. The fourth-order valence-electron chi connectivity index (χ4n) is 2.46. The van der Waals surface area contributed by atoms with Gasteiger partial charge in [-0.1, -0.05) is 26.8 Å². The molecule has 2 atom stereocenters. The molecule has 4 nitrogen and oxygen atoms in total. The number of amides is 1. The van der Waals surface area contributed by atoms with Gasteiger partial charge in [-0.3, -0.25) is 4.79 Å². The molecule has 1 aliphatic rings. The van der Waals surface area contributed by atoms with Gasteiger partial charge in [0.15, 0.2) is 9.84 Å². The van der Waals surface area contributed by atoms with Crippen LogP contribution in [0.25, 0.3) is 0 Å². The van der Waals surface area contributed by atoms with Crippen LogP contribution in [-0.2, 0) is 14.6 Å². The van der Waals surface area contributed by atoms with Crippen LogP contribution in [0.2, 0.25) is 0 Å². The highest BCUT2D eigenvalue weighted by Gasteiger charge is 2.31. The van der Waals surface area contributed by atoms with Gasteiger partial charge in [-0.2, -0.15) is 0 Å². The Hall–Kier alpha value is -0.530. The quantitative estimate of drug-likeness (QED) is 0.876. The Kier molecular flexibility index (Phi) is 5.61. The first kappa shape index (κ1) is 17.8. The molecule has 0 aromatic carbocycles. The number of rotatable bonds is 5. The summed E-state index contributed by atoms with van der Waals surface area (Å²) in [6.45, 7) is 6.32. The van der Waals surface area contributed by atoms with Crippen molar-refractivity contribution in [2.75, 3.05) is 17.3 Å². The van der Waals surface area contributed by atoms with Crippen molar-refractivity contribution < 1.29 is 13.2 Å². The topological polar surface area (TPSA) is 63.2 Å². The van der Waals surface area contributed by atoms with Crippen molar-refractivity contribution in [2.24, 2.45) is 5.41 Å². The van der Waals surface area contributed by atoms with E-state index in [1.807, 2.05) is 17.5 Å². The summed E-state index contributed by atoms with van der Waals surface area (Å²) < 4.78 is 22.9. The molecule has 124 valence electrons. The average Bonchev–Trinajstić information content (AvgIpc) is 3.01. The van der Waals surface area contributed by atoms with Crippen molar-refractivity contribution in [1.29, 1.82) is 0 Å². The molecular formula is C15H23NO3S3. The maximum Gasteiger partial charge on any atom is 0.230 e. The van der Waals surface area contributed by atoms with Crippen molar-refractivity contribution in [1.82, 2.24) is 5.32 Å². The largest absolute Gasteiger partial charge is 0.347 e. The molecule has 0 spiro atoms. The number of carbonyl (C=O) groups excluding carboxylic acids is 1. The van der Waals surface area contributed by atoms with Crippen molar-refractivity contribution in [3.8, 4) is 0 Å². The van der Waals surface area contributed by atoms with E-state index in [2.05, 4.69) is 26.1 Å². The molecule has 1 aromatic rings. The number of thiophene rings is 1. The van der Waals surface area contributed by atoms with E-state index in [1.54, 1.807) is 11.3 Å². The first-order valence-electron chi connectivity index (χ1n) is 7.32. The molecule has 2 rings (SSSR count). The summed E-state index contributed by atoms with van der Waals surface area (Å²) in [5.41, 5.74) is -0.0676. The second kappa shape index (κ2) is 6.93. The number of hydrogen-bond acceptors (Lipinski definition) is 5. The summed E-state index contributed by atoms with van der Waals surface area (Å²) >= 11 is 3.10. The molecule has 1 aliphatic heterocycles. The summed E-state index contributed by atoms with van der Waals surface area (Å²) in [4.78, 5) is 13.4. The summed E-state index contributed by atoms with van der Waals surface area (Å²) in [6, 6.07) is 4.01. The first-order chi connectivity index (χ1) is 10.2. The number of hydrogen-bond donors (Lipinski definition) is 1. The highest BCUT2D eigenvalue weighted by Crippen LogP contribution is 2.35. The number of nitrogens with one attached hydrogen (secondary N) is 1. The predicted molar refractivity (Wildman–Crippen MR) is 94.2 cm³/mol. The van der Waals surface area contributed by atoms with Crippen LogP contribution in [0.4, 0.5) is 0 Å². The van der Waals surface area contributed by atoms with E-state index in [-0.39, 0.29) is 34.1 Å². The van der Waals surface area contributed by atoms with Crippen LogP contribution in [-0.4, -0.2) is 36.8 Å². The average molecular weight is 362 g/mol.